The second kappa shape index (κ2) is 7.22. The lowest BCUT2D eigenvalue weighted by atomic mass is 10.1. The second-order valence-electron chi connectivity index (χ2n) is 5.20. The Morgan fingerprint density at radius 3 is 2.76 bits per heavy atom. The second-order valence-corrected chi connectivity index (χ2v) is 5.20. The van der Waals surface area contributed by atoms with Gasteiger partial charge < -0.3 is 15.0 Å². The lowest BCUT2D eigenvalue weighted by molar-refractivity contribution is -0.142. The standard InChI is InChI=1S/C16H22N2O3/c1-3-15(19)17-12(2)16(20)18-9-10-21-14(11-18)13-7-5-4-6-8-13/h4-8,12,14H,3,9-11H2,1-2H3,(H,17,19)/t12-,14?/m1/s1. The van der Waals surface area contributed by atoms with Crippen molar-refractivity contribution in [2.24, 2.45) is 0 Å². The zero-order chi connectivity index (χ0) is 15.2. The van der Waals surface area contributed by atoms with E-state index in [1.165, 1.54) is 0 Å². The number of benzene rings is 1. The van der Waals surface area contributed by atoms with Gasteiger partial charge in [0.2, 0.25) is 11.8 Å². The molecule has 2 atom stereocenters. The molecule has 1 unspecified atom stereocenters. The highest BCUT2D eigenvalue weighted by Crippen LogP contribution is 2.22. The molecule has 1 aromatic rings. The lowest BCUT2D eigenvalue weighted by Crippen LogP contribution is -2.51. The van der Waals surface area contributed by atoms with Crippen molar-refractivity contribution in [3.05, 3.63) is 35.9 Å². The van der Waals surface area contributed by atoms with Crippen LogP contribution in [-0.4, -0.2) is 42.5 Å². The highest BCUT2D eigenvalue weighted by molar-refractivity contribution is 5.87. The Balaban J connectivity index is 1.97. The Labute approximate surface area is 125 Å². The monoisotopic (exact) mass is 290 g/mol. The Bertz CT molecular complexity index is 490. The predicted molar refractivity (Wildman–Crippen MR) is 79.6 cm³/mol. The molecule has 0 aromatic heterocycles. The van der Waals surface area contributed by atoms with Gasteiger partial charge in [0, 0.05) is 13.0 Å². The van der Waals surface area contributed by atoms with E-state index < -0.39 is 6.04 Å². The van der Waals surface area contributed by atoms with E-state index in [0.29, 0.717) is 26.1 Å². The van der Waals surface area contributed by atoms with Crippen LogP contribution in [0.2, 0.25) is 0 Å². The first-order valence-electron chi connectivity index (χ1n) is 7.36. The van der Waals surface area contributed by atoms with Crippen molar-refractivity contribution in [3.63, 3.8) is 0 Å². The maximum Gasteiger partial charge on any atom is 0.245 e. The fourth-order valence-electron chi connectivity index (χ4n) is 2.40. The zero-order valence-corrected chi connectivity index (χ0v) is 12.5. The van der Waals surface area contributed by atoms with E-state index in [1.54, 1.807) is 18.7 Å². The molecule has 5 nitrogen and oxygen atoms in total. The summed E-state index contributed by atoms with van der Waals surface area (Å²) in [6, 6.07) is 9.39. The number of carbonyl (C=O) groups excluding carboxylic acids is 2. The van der Waals surface area contributed by atoms with Crippen LogP contribution in [0.4, 0.5) is 0 Å². The number of ether oxygens (including phenoxy) is 1. The van der Waals surface area contributed by atoms with E-state index in [0.717, 1.165) is 5.56 Å². The van der Waals surface area contributed by atoms with Crippen LogP contribution in [0, 0.1) is 0 Å². The molecule has 0 saturated carbocycles. The fraction of sp³-hybridized carbons (Fsp3) is 0.500. The molecule has 1 heterocycles. The molecule has 2 amide bonds. The summed E-state index contributed by atoms with van der Waals surface area (Å²) < 4.78 is 5.75. The summed E-state index contributed by atoms with van der Waals surface area (Å²) in [5.74, 6) is -0.162. The van der Waals surface area contributed by atoms with Crippen LogP contribution < -0.4 is 5.32 Å². The van der Waals surface area contributed by atoms with Crippen LogP contribution in [0.1, 0.15) is 31.9 Å². The number of nitrogens with zero attached hydrogens (tertiary/aromatic N) is 1. The molecule has 0 radical (unpaired) electrons. The summed E-state index contributed by atoms with van der Waals surface area (Å²) in [5.41, 5.74) is 1.07. The quantitative estimate of drug-likeness (QED) is 0.914. The van der Waals surface area contributed by atoms with Crippen molar-refractivity contribution in [1.82, 2.24) is 10.2 Å². The van der Waals surface area contributed by atoms with Gasteiger partial charge in [-0.2, -0.15) is 0 Å². The normalized spacial score (nSPS) is 19.9. The molecular formula is C16H22N2O3. The molecule has 0 aliphatic carbocycles. The molecule has 21 heavy (non-hydrogen) atoms. The van der Waals surface area contributed by atoms with Gasteiger partial charge in [-0.3, -0.25) is 9.59 Å². The third-order valence-electron chi connectivity index (χ3n) is 3.62. The molecule has 1 N–H and O–H groups in total. The maximum atomic E-state index is 12.4. The molecule has 2 rings (SSSR count). The van der Waals surface area contributed by atoms with Gasteiger partial charge >= 0.3 is 0 Å². The molecule has 1 aliphatic heterocycles. The van der Waals surface area contributed by atoms with E-state index in [9.17, 15) is 9.59 Å². The van der Waals surface area contributed by atoms with E-state index in [4.69, 9.17) is 4.74 Å². The van der Waals surface area contributed by atoms with Crippen LogP contribution in [0.15, 0.2) is 30.3 Å². The summed E-state index contributed by atoms with van der Waals surface area (Å²) in [7, 11) is 0. The molecule has 0 spiro atoms. The van der Waals surface area contributed by atoms with Gasteiger partial charge in [-0.05, 0) is 12.5 Å². The molecule has 114 valence electrons. The highest BCUT2D eigenvalue weighted by Gasteiger charge is 2.28. The van der Waals surface area contributed by atoms with Gasteiger partial charge in [0.05, 0.1) is 13.2 Å². The predicted octanol–water partition coefficient (Wildman–Crippen LogP) is 1.50. The first-order valence-corrected chi connectivity index (χ1v) is 7.36. The first kappa shape index (κ1) is 15.5. The number of amides is 2. The summed E-state index contributed by atoms with van der Waals surface area (Å²) in [6.07, 6.45) is 0.283. The minimum atomic E-state index is -0.494. The third kappa shape index (κ3) is 4.04. The molecule has 1 saturated heterocycles. The van der Waals surface area contributed by atoms with E-state index >= 15 is 0 Å². The van der Waals surface area contributed by atoms with Crippen molar-refractivity contribution < 1.29 is 14.3 Å². The van der Waals surface area contributed by atoms with Crippen LogP contribution in [0.25, 0.3) is 0 Å². The Morgan fingerprint density at radius 2 is 2.10 bits per heavy atom. The topological polar surface area (TPSA) is 58.6 Å². The maximum absolute atomic E-state index is 12.4. The van der Waals surface area contributed by atoms with E-state index in [-0.39, 0.29) is 17.9 Å². The number of hydrogen-bond acceptors (Lipinski definition) is 3. The number of carbonyl (C=O) groups is 2. The molecular weight excluding hydrogens is 268 g/mol. The number of morpholine rings is 1. The smallest absolute Gasteiger partial charge is 0.245 e. The van der Waals surface area contributed by atoms with Crippen molar-refractivity contribution in [3.8, 4) is 0 Å². The minimum absolute atomic E-state index is 0.0546. The zero-order valence-electron chi connectivity index (χ0n) is 12.5. The SMILES string of the molecule is CCC(=O)N[C@H](C)C(=O)N1CCOC(c2ccccc2)C1. The highest BCUT2D eigenvalue weighted by atomic mass is 16.5. The summed E-state index contributed by atoms with van der Waals surface area (Å²) in [4.78, 5) is 25.5. The summed E-state index contributed by atoms with van der Waals surface area (Å²) >= 11 is 0. The summed E-state index contributed by atoms with van der Waals surface area (Å²) in [6.45, 7) is 5.10. The minimum Gasteiger partial charge on any atom is -0.370 e. The molecule has 1 fully saturated rings. The average Bonchev–Trinajstić information content (AvgIpc) is 2.54. The van der Waals surface area contributed by atoms with E-state index in [2.05, 4.69) is 5.32 Å². The lowest BCUT2D eigenvalue weighted by Gasteiger charge is -2.34. The largest absolute Gasteiger partial charge is 0.370 e. The Kier molecular flexibility index (Phi) is 5.33. The molecule has 1 aromatic carbocycles. The summed E-state index contributed by atoms with van der Waals surface area (Å²) in [5, 5.41) is 2.71. The van der Waals surface area contributed by atoms with Gasteiger partial charge in [-0.1, -0.05) is 37.3 Å². The first-order chi connectivity index (χ1) is 10.1. The Morgan fingerprint density at radius 1 is 1.38 bits per heavy atom. The van der Waals surface area contributed by atoms with Crippen molar-refractivity contribution in [1.29, 1.82) is 0 Å². The van der Waals surface area contributed by atoms with Crippen LogP contribution in [-0.2, 0) is 14.3 Å². The van der Waals surface area contributed by atoms with Crippen molar-refractivity contribution in [2.75, 3.05) is 19.7 Å². The molecule has 5 heteroatoms. The van der Waals surface area contributed by atoms with Gasteiger partial charge in [0.1, 0.15) is 12.1 Å². The number of hydrogen-bond donors (Lipinski definition) is 1. The van der Waals surface area contributed by atoms with Gasteiger partial charge in [-0.15, -0.1) is 0 Å². The molecule has 1 aliphatic rings. The third-order valence-corrected chi connectivity index (χ3v) is 3.62. The van der Waals surface area contributed by atoms with Crippen LogP contribution >= 0.6 is 0 Å². The fourth-order valence-corrected chi connectivity index (χ4v) is 2.40. The van der Waals surface area contributed by atoms with E-state index in [1.807, 2.05) is 30.3 Å². The van der Waals surface area contributed by atoms with Crippen molar-refractivity contribution in [2.45, 2.75) is 32.4 Å². The van der Waals surface area contributed by atoms with Crippen molar-refractivity contribution >= 4 is 11.8 Å². The van der Waals surface area contributed by atoms with Crippen LogP contribution in [0.3, 0.4) is 0 Å². The Hall–Kier alpha value is -1.88. The van der Waals surface area contributed by atoms with Gasteiger partial charge in [0.15, 0.2) is 0 Å². The van der Waals surface area contributed by atoms with Gasteiger partial charge in [0.25, 0.3) is 0 Å². The molecule has 0 bridgehead atoms. The van der Waals surface area contributed by atoms with Gasteiger partial charge in [-0.25, -0.2) is 0 Å². The average molecular weight is 290 g/mol. The number of rotatable bonds is 4. The number of nitrogens with one attached hydrogen (secondary N) is 1. The van der Waals surface area contributed by atoms with Crippen LogP contribution in [0.5, 0.6) is 0 Å².